The Hall–Kier alpha value is -3.71. The summed E-state index contributed by atoms with van der Waals surface area (Å²) in [6, 6.07) is 13.9. The van der Waals surface area contributed by atoms with E-state index in [4.69, 9.17) is 9.15 Å². The second-order valence-electron chi connectivity index (χ2n) is 8.29. The molecular formula is C26H26N2O5. The Bertz CT molecular complexity index is 1220. The zero-order valence-electron chi connectivity index (χ0n) is 19.0. The highest BCUT2D eigenvalue weighted by molar-refractivity contribution is 6.17. The summed E-state index contributed by atoms with van der Waals surface area (Å²) in [4.78, 5) is 32.2. The number of oxazole rings is 1. The summed E-state index contributed by atoms with van der Waals surface area (Å²) in [7, 11) is 1.59. The highest BCUT2D eigenvalue weighted by atomic mass is 16.5. The first-order valence-corrected chi connectivity index (χ1v) is 10.7. The number of aryl methyl sites for hydroxylation is 1. The van der Waals surface area contributed by atoms with E-state index >= 15 is 0 Å². The van der Waals surface area contributed by atoms with E-state index in [9.17, 15) is 14.7 Å². The molecule has 2 aromatic carbocycles. The molecule has 0 spiro atoms. The fourth-order valence-corrected chi connectivity index (χ4v) is 4.11. The molecule has 1 amide bonds. The van der Waals surface area contributed by atoms with E-state index in [-0.39, 0.29) is 17.3 Å². The second kappa shape index (κ2) is 9.03. The number of aliphatic hydroxyl groups excluding tert-OH is 1. The van der Waals surface area contributed by atoms with Crippen LogP contribution in [0.15, 0.2) is 70.5 Å². The van der Waals surface area contributed by atoms with Crippen molar-refractivity contribution in [2.24, 2.45) is 5.92 Å². The first-order chi connectivity index (χ1) is 15.8. The van der Waals surface area contributed by atoms with Crippen LogP contribution in [-0.4, -0.2) is 28.9 Å². The Morgan fingerprint density at radius 2 is 1.88 bits per heavy atom. The molecule has 7 nitrogen and oxygen atoms in total. The number of Topliss-reactive ketones (excluding diaryl/α,β-unsaturated/α-hetero) is 1. The van der Waals surface area contributed by atoms with Gasteiger partial charge in [-0.2, -0.15) is 0 Å². The van der Waals surface area contributed by atoms with Crippen molar-refractivity contribution >= 4 is 17.4 Å². The maximum atomic E-state index is 13.3. The largest absolute Gasteiger partial charge is 0.503 e. The minimum Gasteiger partial charge on any atom is -0.503 e. The van der Waals surface area contributed by atoms with Crippen LogP contribution in [0.3, 0.4) is 0 Å². The number of aromatic nitrogens is 1. The molecule has 7 heteroatoms. The van der Waals surface area contributed by atoms with Crippen molar-refractivity contribution in [1.82, 2.24) is 4.98 Å². The zero-order valence-corrected chi connectivity index (χ0v) is 19.0. The maximum absolute atomic E-state index is 13.3. The molecule has 3 aromatic rings. The molecule has 0 aliphatic carbocycles. The number of amides is 1. The number of nitrogens with zero attached hydrogens (tertiary/aromatic N) is 2. The van der Waals surface area contributed by atoms with Crippen LogP contribution < -0.4 is 4.90 Å². The van der Waals surface area contributed by atoms with Gasteiger partial charge in [-0.1, -0.05) is 50.2 Å². The summed E-state index contributed by atoms with van der Waals surface area (Å²) in [6.07, 6.45) is 1.57. The summed E-state index contributed by atoms with van der Waals surface area (Å²) in [5, 5.41) is 10.8. The number of hydrogen-bond acceptors (Lipinski definition) is 6. The van der Waals surface area contributed by atoms with Crippen LogP contribution in [-0.2, 0) is 20.9 Å². The Balaban J connectivity index is 1.83. The van der Waals surface area contributed by atoms with Crippen molar-refractivity contribution < 1.29 is 23.8 Å². The molecule has 2 heterocycles. The molecule has 1 aliphatic rings. The average Bonchev–Trinajstić information content (AvgIpc) is 3.35. The van der Waals surface area contributed by atoms with Crippen LogP contribution in [0, 0.1) is 12.8 Å². The van der Waals surface area contributed by atoms with Gasteiger partial charge in [0.05, 0.1) is 18.2 Å². The van der Waals surface area contributed by atoms with Gasteiger partial charge in [0, 0.05) is 31.2 Å². The molecule has 1 atom stereocenters. The Kier molecular flexibility index (Phi) is 6.16. The number of rotatable bonds is 7. The molecule has 0 fully saturated rings. The highest BCUT2D eigenvalue weighted by Crippen LogP contribution is 2.43. The van der Waals surface area contributed by atoms with Gasteiger partial charge < -0.3 is 14.3 Å². The third-order valence-electron chi connectivity index (χ3n) is 5.71. The second-order valence-corrected chi connectivity index (χ2v) is 8.29. The molecule has 1 unspecified atom stereocenters. The lowest BCUT2D eigenvalue weighted by molar-refractivity contribution is -0.119. The predicted molar refractivity (Wildman–Crippen MR) is 124 cm³/mol. The van der Waals surface area contributed by atoms with Crippen molar-refractivity contribution in [2.45, 2.75) is 33.4 Å². The lowest BCUT2D eigenvalue weighted by Gasteiger charge is -2.29. The molecule has 1 aromatic heterocycles. The van der Waals surface area contributed by atoms with Crippen LogP contribution in [0.2, 0.25) is 0 Å². The molecule has 170 valence electrons. The number of carbonyl (C=O) groups excluding carboxylic acids is 2. The Labute approximate surface area is 192 Å². The van der Waals surface area contributed by atoms with E-state index in [0.717, 1.165) is 16.7 Å². The molecular weight excluding hydrogens is 420 g/mol. The fourth-order valence-electron chi connectivity index (χ4n) is 4.11. The van der Waals surface area contributed by atoms with Crippen LogP contribution in [0.4, 0.5) is 5.69 Å². The fraction of sp³-hybridized carbons (Fsp3) is 0.269. The average molecular weight is 447 g/mol. The smallest absolute Gasteiger partial charge is 0.294 e. The van der Waals surface area contributed by atoms with Crippen LogP contribution in [0.5, 0.6) is 0 Å². The number of aliphatic hydroxyl groups is 1. The van der Waals surface area contributed by atoms with Gasteiger partial charge in [0.15, 0.2) is 17.4 Å². The number of hydrogen-bond donors (Lipinski definition) is 1. The van der Waals surface area contributed by atoms with Gasteiger partial charge in [0.2, 0.25) is 0 Å². The van der Waals surface area contributed by atoms with Gasteiger partial charge in [0.25, 0.3) is 5.91 Å². The molecule has 0 radical (unpaired) electrons. The molecule has 0 bridgehead atoms. The normalized spacial score (nSPS) is 16.2. The van der Waals surface area contributed by atoms with E-state index in [1.54, 1.807) is 46.3 Å². The minimum atomic E-state index is -0.765. The van der Waals surface area contributed by atoms with E-state index in [1.807, 2.05) is 36.4 Å². The summed E-state index contributed by atoms with van der Waals surface area (Å²) >= 11 is 0. The first-order valence-electron chi connectivity index (χ1n) is 10.7. The standard InChI is InChI=1S/C26H26N2O5/c1-15(2)24(29)22-23(20-8-6-5-7-18(20)13-32-4)28(26(31)25(22)30)19-11-9-17(10-12-19)21-14-33-16(3)27-21/h5-12,14-15,23,30H,13H2,1-4H3. The van der Waals surface area contributed by atoms with Crippen LogP contribution in [0.25, 0.3) is 11.3 Å². The summed E-state index contributed by atoms with van der Waals surface area (Å²) < 4.78 is 10.6. The number of ether oxygens (including phenoxy) is 1. The topological polar surface area (TPSA) is 92.9 Å². The van der Waals surface area contributed by atoms with Crippen molar-refractivity contribution in [2.75, 3.05) is 12.0 Å². The third kappa shape index (κ3) is 4.07. The van der Waals surface area contributed by atoms with Crippen molar-refractivity contribution in [1.29, 1.82) is 0 Å². The number of methoxy groups -OCH3 is 1. The molecule has 1 N–H and O–H groups in total. The molecule has 33 heavy (non-hydrogen) atoms. The monoisotopic (exact) mass is 446 g/mol. The minimum absolute atomic E-state index is 0.106. The zero-order chi connectivity index (χ0) is 23.7. The molecule has 1 aliphatic heterocycles. The van der Waals surface area contributed by atoms with Gasteiger partial charge in [-0.15, -0.1) is 0 Å². The van der Waals surface area contributed by atoms with E-state index in [1.165, 1.54) is 4.90 Å². The Morgan fingerprint density at radius 1 is 1.18 bits per heavy atom. The number of anilines is 1. The van der Waals surface area contributed by atoms with Gasteiger partial charge in [-0.05, 0) is 23.3 Å². The first kappa shape index (κ1) is 22.5. The molecule has 0 saturated heterocycles. The number of carbonyl (C=O) groups is 2. The van der Waals surface area contributed by atoms with Crippen molar-refractivity contribution in [3.05, 3.63) is 83.1 Å². The highest BCUT2D eigenvalue weighted by Gasteiger charge is 2.45. The van der Waals surface area contributed by atoms with Crippen molar-refractivity contribution in [3.8, 4) is 11.3 Å². The summed E-state index contributed by atoms with van der Waals surface area (Å²) in [5.41, 5.74) is 3.74. The Morgan fingerprint density at radius 3 is 2.48 bits per heavy atom. The van der Waals surface area contributed by atoms with Crippen LogP contribution >= 0.6 is 0 Å². The maximum Gasteiger partial charge on any atom is 0.294 e. The number of benzene rings is 2. The van der Waals surface area contributed by atoms with Gasteiger partial charge in [-0.3, -0.25) is 14.5 Å². The summed E-state index contributed by atoms with van der Waals surface area (Å²) in [5.74, 6) is -1.21. The molecule has 0 saturated carbocycles. The quantitative estimate of drug-likeness (QED) is 0.554. The van der Waals surface area contributed by atoms with Crippen molar-refractivity contribution in [3.63, 3.8) is 0 Å². The summed E-state index contributed by atoms with van der Waals surface area (Å²) in [6.45, 7) is 5.58. The number of ketones is 1. The lowest BCUT2D eigenvalue weighted by atomic mass is 9.89. The lowest BCUT2D eigenvalue weighted by Crippen LogP contribution is -2.32. The van der Waals surface area contributed by atoms with E-state index in [0.29, 0.717) is 23.9 Å². The van der Waals surface area contributed by atoms with Crippen LogP contribution in [0.1, 0.15) is 36.9 Å². The SMILES string of the molecule is COCc1ccccc1C1C(C(=O)C(C)C)=C(O)C(=O)N1c1ccc(-c2coc(C)n2)cc1. The third-order valence-corrected chi connectivity index (χ3v) is 5.71. The van der Waals surface area contributed by atoms with Gasteiger partial charge in [-0.25, -0.2) is 4.98 Å². The van der Waals surface area contributed by atoms with Gasteiger partial charge >= 0.3 is 0 Å². The predicted octanol–water partition coefficient (Wildman–Crippen LogP) is 4.92. The van der Waals surface area contributed by atoms with E-state index < -0.39 is 17.7 Å². The molecule has 4 rings (SSSR count). The van der Waals surface area contributed by atoms with E-state index in [2.05, 4.69) is 4.98 Å². The van der Waals surface area contributed by atoms with Gasteiger partial charge in [0.1, 0.15) is 12.0 Å².